The Labute approximate surface area is 118 Å². The van der Waals surface area contributed by atoms with E-state index in [0.717, 1.165) is 0 Å². The lowest BCUT2D eigenvalue weighted by atomic mass is 10.1. The molecular weight excluding hydrogens is 284 g/mol. The van der Waals surface area contributed by atoms with Gasteiger partial charge in [0.1, 0.15) is 0 Å². The number of fused-ring (bicyclic) bond motifs is 1. The first-order chi connectivity index (χ1) is 10.0. The van der Waals surface area contributed by atoms with E-state index < -0.39 is 25.0 Å². The number of rotatable bonds is 4. The van der Waals surface area contributed by atoms with Gasteiger partial charge in [-0.2, -0.15) is 0 Å². The van der Waals surface area contributed by atoms with Gasteiger partial charge in [0.25, 0.3) is 6.43 Å². The van der Waals surface area contributed by atoms with Gasteiger partial charge in [-0.1, -0.05) is 0 Å². The highest BCUT2D eigenvalue weighted by Crippen LogP contribution is 2.23. The van der Waals surface area contributed by atoms with Crippen molar-refractivity contribution in [3.8, 4) is 0 Å². The summed E-state index contributed by atoms with van der Waals surface area (Å²) in [6.07, 6.45) is -0.995. The molecule has 21 heavy (non-hydrogen) atoms. The number of hydrogen-bond donors (Lipinski definition) is 3. The maximum Gasteiger partial charge on any atom is 0.338 e. The zero-order chi connectivity index (χ0) is 15.4. The van der Waals surface area contributed by atoms with E-state index in [2.05, 4.69) is 15.0 Å². The number of nitrogens with one attached hydrogen (secondary N) is 3. The summed E-state index contributed by atoms with van der Waals surface area (Å²) in [4.78, 5) is 26.1. The highest BCUT2D eigenvalue weighted by atomic mass is 19.3. The van der Waals surface area contributed by atoms with Crippen molar-refractivity contribution in [3.63, 3.8) is 0 Å². The van der Waals surface area contributed by atoms with E-state index in [4.69, 9.17) is 0 Å². The van der Waals surface area contributed by atoms with Crippen molar-refractivity contribution >= 4 is 28.6 Å². The van der Waals surface area contributed by atoms with E-state index in [0.29, 0.717) is 10.9 Å². The Kier molecular flexibility index (Phi) is 4.36. The summed E-state index contributed by atoms with van der Waals surface area (Å²) in [6.45, 7) is -0.750. The number of carbonyl (C=O) groups excluding carboxylic acids is 2. The molecular formula is C13H13F2N3O3. The third kappa shape index (κ3) is 3.47. The monoisotopic (exact) mass is 297 g/mol. The molecule has 3 N–H and O–H groups in total. The van der Waals surface area contributed by atoms with Crippen molar-refractivity contribution in [2.75, 3.05) is 19.0 Å². The zero-order valence-corrected chi connectivity index (χ0v) is 11.1. The molecule has 8 heteroatoms. The molecule has 0 aliphatic heterocycles. The summed E-state index contributed by atoms with van der Waals surface area (Å²) >= 11 is 0. The zero-order valence-electron chi connectivity index (χ0n) is 11.1. The molecule has 0 saturated carbocycles. The Morgan fingerprint density at radius 3 is 2.81 bits per heavy atom. The lowest BCUT2D eigenvalue weighted by Gasteiger charge is -2.09. The van der Waals surface area contributed by atoms with Gasteiger partial charge < -0.3 is 20.4 Å². The molecule has 0 saturated heterocycles. The Hall–Kier alpha value is -2.64. The van der Waals surface area contributed by atoms with Crippen LogP contribution in [0.4, 0.5) is 19.3 Å². The fourth-order valence-electron chi connectivity index (χ4n) is 1.86. The van der Waals surface area contributed by atoms with Crippen molar-refractivity contribution in [2.45, 2.75) is 6.43 Å². The van der Waals surface area contributed by atoms with Gasteiger partial charge in [0.15, 0.2) is 0 Å². The molecule has 0 aliphatic rings. The van der Waals surface area contributed by atoms with E-state index in [9.17, 15) is 18.4 Å². The molecule has 0 aliphatic carbocycles. The fraction of sp³-hybridized carbons (Fsp3) is 0.231. The SMILES string of the molecule is COC(=O)c1cc(NC(=O)NCC(F)F)cc2[nH]ccc12. The Balaban J connectivity index is 2.24. The standard InChI is InChI=1S/C13H13F2N3O3/c1-21-12(19)9-4-7(5-10-8(9)2-3-16-10)18-13(20)17-6-11(14)15/h2-5,11,16H,6H2,1H3,(H2,17,18,20). The van der Waals surface area contributed by atoms with Crippen LogP contribution >= 0.6 is 0 Å². The minimum absolute atomic E-state index is 0.264. The van der Waals surface area contributed by atoms with Gasteiger partial charge in [-0.25, -0.2) is 18.4 Å². The summed E-state index contributed by atoms with van der Waals surface area (Å²) in [5, 5.41) is 5.04. The number of benzene rings is 1. The molecule has 6 nitrogen and oxygen atoms in total. The summed E-state index contributed by atoms with van der Waals surface area (Å²) in [5.74, 6) is -0.559. The normalized spacial score (nSPS) is 10.7. The molecule has 0 bridgehead atoms. The fourth-order valence-corrected chi connectivity index (χ4v) is 1.86. The second-order valence-electron chi connectivity index (χ2n) is 4.18. The number of esters is 1. The van der Waals surface area contributed by atoms with Crippen molar-refractivity contribution in [1.29, 1.82) is 0 Å². The van der Waals surface area contributed by atoms with Crippen molar-refractivity contribution in [2.24, 2.45) is 0 Å². The van der Waals surface area contributed by atoms with E-state index in [-0.39, 0.29) is 11.3 Å². The molecule has 2 rings (SSSR count). The average Bonchev–Trinajstić information content (AvgIpc) is 2.91. The summed E-state index contributed by atoms with van der Waals surface area (Å²) in [7, 11) is 1.25. The summed E-state index contributed by atoms with van der Waals surface area (Å²) in [5.41, 5.74) is 1.17. The first-order valence-corrected chi connectivity index (χ1v) is 6.03. The van der Waals surface area contributed by atoms with Gasteiger partial charge in [0.2, 0.25) is 0 Å². The Morgan fingerprint density at radius 2 is 2.14 bits per heavy atom. The maximum absolute atomic E-state index is 12.0. The number of H-pyrrole nitrogens is 1. The van der Waals surface area contributed by atoms with Gasteiger partial charge in [0.05, 0.1) is 19.2 Å². The minimum atomic E-state index is -2.63. The van der Waals surface area contributed by atoms with E-state index >= 15 is 0 Å². The van der Waals surface area contributed by atoms with Crippen LogP contribution in [0.1, 0.15) is 10.4 Å². The number of halogens is 2. The molecule has 0 fully saturated rings. The van der Waals surface area contributed by atoms with Crippen LogP contribution in [0.5, 0.6) is 0 Å². The van der Waals surface area contributed by atoms with Crippen molar-refractivity contribution in [1.82, 2.24) is 10.3 Å². The number of alkyl halides is 2. The number of methoxy groups -OCH3 is 1. The number of anilines is 1. The van der Waals surface area contributed by atoms with E-state index in [1.165, 1.54) is 13.2 Å². The smallest absolute Gasteiger partial charge is 0.338 e. The van der Waals surface area contributed by atoms with E-state index in [1.807, 2.05) is 5.32 Å². The second kappa shape index (κ2) is 6.21. The minimum Gasteiger partial charge on any atom is -0.465 e. The molecule has 1 aromatic carbocycles. The molecule has 0 radical (unpaired) electrons. The van der Waals surface area contributed by atoms with Crippen LogP contribution in [0.3, 0.4) is 0 Å². The topological polar surface area (TPSA) is 83.2 Å². The van der Waals surface area contributed by atoms with Gasteiger partial charge in [-0.3, -0.25) is 0 Å². The molecule has 0 spiro atoms. The lowest BCUT2D eigenvalue weighted by molar-refractivity contribution is 0.0603. The highest BCUT2D eigenvalue weighted by Gasteiger charge is 2.14. The average molecular weight is 297 g/mol. The number of aromatic nitrogens is 1. The Morgan fingerprint density at radius 1 is 1.38 bits per heavy atom. The van der Waals surface area contributed by atoms with Gasteiger partial charge in [0, 0.05) is 22.8 Å². The molecule has 2 amide bonds. The lowest BCUT2D eigenvalue weighted by Crippen LogP contribution is -2.32. The van der Waals surface area contributed by atoms with Crippen LogP contribution in [0.2, 0.25) is 0 Å². The van der Waals surface area contributed by atoms with Crippen molar-refractivity contribution < 1.29 is 23.1 Å². The summed E-state index contributed by atoms with van der Waals surface area (Å²) in [6, 6.07) is 3.92. The number of amides is 2. The molecule has 1 heterocycles. The molecule has 0 unspecified atom stereocenters. The van der Waals surface area contributed by atoms with Gasteiger partial charge in [-0.05, 0) is 18.2 Å². The first kappa shape index (κ1) is 14.8. The summed E-state index contributed by atoms with van der Waals surface area (Å²) < 4.78 is 28.7. The number of urea groups is 1. The molecule has 112 valence electrons. The van der Waals surface area contributed by atoms with E-state index in [1.54, 1.807) is 18.3 Å². The quantitative estimate of drug-likeness (QED) is 0.757. The van der Waals surface area contributed by atoms with Crippen LogP contribution in [0.25, 0.3) is 10.9 Å². The second-order valence-corrected chi connectivity index (χ2v) is 4.18. The molecule has 0 atom stereocenters. The van der Waals surface area contributed by atoms with Crippen LogP contribution < -0.4 is 10.6 Å². The molecule has 2 aromatic rings. The van der Waals surface area contributed by atoms with Gasteiger partial charge in [-0.15, -0.1) is 0 Å². The van der Waals surface area contributed by atoms with Gasteiger partial charge >= 0.3 is 12.0 Å². The maximum atomic E-state index is 12.0. The molecule has 1 aromatic heterocycles. The van der Waals surface area contributed by atoms with Crippen molar-refractivity contribution in [3.05, 3.63) is 30.0 Å². The Bertz CT molecular complexity index is 670. The van der Waals surface area contributed by atoms with Crippen LogP contribution in [-0.4, -0.2) is 37.1 Å². The third-order valence-corrected chi connectivity index (χ3v) is 2.75. The largest absolute Gasteiger partial charge is 0.465 e. The van der Waals surface area contributed by atoms with Crippen LogP contribution in [-0.2, 0) is 4.74 Å². The predicted molar refractivity (Wildman–Crippen MR) is 72.7 cm³/mol. The van der Waals surface area contributed by atoms with Crippen LogP contribution in [0.15, 0.2) is 24.4 Å². The third-order valence-electron chi connectivity index (χ3n) is 2.75. The number of carbonyl (C=O) groups is 2. The number of ether oxygens (including phenoxy) is 1. The number of hydrogen-bond acceptors (Lipinski definition) is 3. The van der Waals surface area contributed by atoms with Crippen LogP contribution in [0, 0.1) is 0 Å². The number of aromatic amines is 1. The predicted octanol–water partition coefficient (Wildman–Crippen LogP) is 2.34. The highest BCUT2D eigenvalue weighted by molar-refractivity contribution is 6.06. The first-order valence-electron chi connectivity index (χ1n) is 6.03.